The fraction of sp³-hybridized carbons (Fsp3) is 0.200. The van der Waals surface area contributed by atoms with Gasteiger partial charge in [-0.15, -0.1) is 0 Å². The zero-order chi connectivity index (χ0) is 17.8. The molecule has 1 amide bonds. The lowest BCUT2D eigenvalue weighted by Crippen LogP contribution is -2.16. The number of carbonyl (C=O) groups excluding carboxylic acids is 2. The Kier molecular flexibility index (Phi) is 4.84. The highest BCUT2D eigenvalue weighted by molar-refractivity contribution is 5.96. The summed E-state index contributed by atoms with van der Waals surface area (Å²) in [7, 11) is 3.92. The van der Waals surface area contributed by atoms with Crippen molar-refractivity contribution < 1.29 is 9.59 Å². The van der Waals surface area contributed by atoms with Crippen LogP contribution in [-0.2, 0) is 4.79 Å². The van der Waals surface area contributed by atoms with E-state index >= 15 is 0 Å². The van der Waals surface area contributed by atoms with E-state index in [4.69, 9.17) is 0 Å². The summed E-state index contributed by atoms with van der Waals surface area (Å²) < 4.78 is 1.61. The predicted molar refractivity (Wildman–Crippen MR) is 101 cm³/mol. The predicted octanol–water partition coefficient (Wildman–Crippen LogP) is 3.77. The maximum atomic E-state index is 12.4. The molecular weight excluding hydrogens is 314 g/mol. The second-order valence-electron chi connectivity index (χ2n) is 6.13. The van der Waals surface area contributed by atoms with Crippen LogP contribution in [0.3, 0.4) is 0 Å². The van der Waals surface area contributed by atoms with E-state index in [1.54, 1.807) is 10.8 Å². The van der Waals surface area contributed by atoms with Crippen molar-refractivity contribution in [1.29, 1.82) is 0 Å². The third kappa shape index (κ3) is 3.88. The van der Waals surface area contributed by atoms with Crippen molar-refractivity contribution in [3.8, 4) is 0 Å². The van der Waals surface area contributed by atoms with E-state index in [-0.39, 0.29) is 24.7 Å². The van der Waals surface area contributed by atoms with E-state index in [0.29, 0.717) is 0 Å². The minimum absolute atomic E-state index is 0.0840. The standard InChI is InChI=1S/C20H21N3O2/c1-22(2)17-9-7-16(8-10-17)21-19(24)11-12-20(25)23-14-13-15-5-3-4-6-18(15)23/h3-10,13-14H,11-12H2,1-2H3,(H,21,24). The van der Waals surface area contributed by atoms with Crippen molar-refractivity contribution in [3.63, 3.8) is 0 Å². The number of carbonyl (C=O) groups is 2. The van der Waals surface area contributed by atoms with Crippen molar-refractivity contribution in [2.75, 3.05) is 24.3 Å². The van der Waals surface area contributed by atoms with Gasteiger partial charge in [0.25, 0.3) is 0 Å². The number of para-hydroxylation sites is 1. The molecule has 0 radical (unpaired) electrons. The summed E-state index contributed by atoms with van der Waals surface area (Å²) >= 11 is 0. The fourth-order valence-corrected chi connectivity index (χ4v) is 2.71. The number of hydrogen-bond donors (Lipinski definition) is 1. The van der Waals surface area contributed by atoms with Gasteiger partial charge in [-0.25, -0.2) is 0 Å². The summed E-state index contributed by atoms with van der Waals surface area (Å²) in [6, 6.07) is 17.2. The molecule has 5 nitrogen and oxygen atoms in total. The van der Waals surface area contributed by atoms with Crippen LogP contribution in [0.4, 0.5) is 11.4 Å². The molecule has 25 heavy (non-hydrogen) atoms. The van der Waals surface area contributed by atoms with Gasteiger partial charge in [0.15, 0.2) is 0 Å². The van der Waals surface area contributed by atoms with Crippen LogP contribution in [0, 0.1) is 0 Å². The number of anilines is 2. The first-order chi connectivity index (χ1) is 12.0. The van der Waals surface area contributed by atoms with Gasteiger partial charge in [-0.1, -0.05) is 18.2 Å². The monoisotopic (exact) mass is 335 g/mol. The Hall–Kier alpha value is -3.08. The molecule has 0 atom stereocenters. The van der Waals surface area contributed by atoms with Crippen molar-refractivity contribution in [2.24, 2.45) is 0 Å². The van der Waals surface area contributed by atoms with Crippen LogP contribution in [0.15, 0.2) is 60.8 Å². The minimum atomic E-state index is -0.164. The van der Waals surface area contributed by atoms with Crippen LogP contribution in [0.1, 0.15) is 17.6 Å². The SMILES string of the molecule is CN(C)c1ccc(NC(=O)CCC(=O)n2ccc3ccccc32)cc1. The Morgan fingerprint density at radius 2 is 1.68 bits per heavy atom. The molecule has 1 aromatic heterocycles. The third-order valence-electron chi connectivity index (χ3n) is 4.10. The first-order valence-electron chi connectivity index (χ1n) is 8.21. The van der Waals surface area contributed by atoms with E-state index in [9.17, 15) is 9.59 Å². The highest BCUT2D eigenvalue weighted by Gasteiger charge is 2.11. The van der Waals surface area contributed by atoms with Crippen LogP contribution in [-0.4, -0.2) is 30.5 Å². The molecule has 1 N–H and O–H groups in total. The van der Waals surface area contributed by atoms with Crippen molar-refractivity contribution in [3.05, 3.63) is 60.8 Å². The van der Waals surface area contributed by atoms with Crippen LogP contribution < -0.4 is 10.2 Å². The number of amides is 1. The first-order valence-corrected chi connectivity index (χ1v) is 8.21. The maximum Gasteiger partial charge on any atom is 0.231 e. The quantitative estimate of drug-likeness (QED) is 0.772. The van der Waals surface area contributed by atoms with Gasteiger partial charge in [0, 0.05) is 49.9 Å². The molecule has 5 heteroatoms. The molecule has 1 heterocycles. The summed E-state index contributed by atoms with van der Waals surface area (Å²) in [5.74, 6) is -0.248. The molecule has 0 aliphatic carbocycles. The highest BCUT2D eigenvalue weighted by atomic mass is 16.2. The Balaban J connectivity index is 1.57. The van der Waals surface area contributed by atoms with E-state index < -0.39 is 0 Å². The molecule has 128 valence electrons. The number of rotatable bonds is 5. The van der Waals surface area contributed by atoms with E-state index in [0.717, 1.165) is 22.3 Å². The molecule has 0 saturated carbocycles. The van der Waals surface area contributed by atoms with Gasteiger partial charge in [-0.05, 0) is 36.4 Å². The summed E-state index contributed by atoms with van der Waals surface area (Å²) in [5, 5.41) is 3.84. The largest absolute Gasteiger partial charge is 0.378 e. The normalized spacial score (nSPS) is 10.6. The maximum absolute atomic E-state index is 12.4. The molecule has 3 aromatic rings. The zero-order valence-electron chi connectivity index (χ0n) is 14.4. The van der Waals surface area contributed by atoms with Crippen LogP contribution >= 0.6 is 0 Å². The summed E-state index contributed by atoms with van der Waals surface area (Å²) in [6.07, 6.45) is 2.08. The number of hydrogen-bond acceptors (Lipinski definition) is 3. The van der Waals surface area contributed by atoms with E-state index in [1.807, 2.05) is 73.6 Å². The second kappa shape index (κ2) is 7.21. The van der Waals surface area contributed by atoms with Gasteiger partial charge in [0.05, 0.1) is 5.52 Å². The second-order valence-corrected chi connectivity index (χ2v) is 6.13. The number of benzene rings is 2. The first kappa shape index (κ1) is 16.8. The van der Waals surface area contributed by atoms with E-state index in [1.165, 1.54) is 0 Å². The van der Waals surface area contributed by atoms with Crippen molar-refractivity contribution >= 4 is 34.1 Å². The Labute approximate surface area is 146 Å². The molecule has 0 spiro atoms. The van der Waals surface area contributed by atoms with Crippen molar-refractivity contribution in [2.45, 2.75) is 12.8 Å². The van der Waals surface area contributed by atoms with Crippen LogP contribution in [0.2, 0.25) is 0 Å². The van der Waals surface area contributed by atoms with Gasteiger partial charge in [0.1, 0.15) is 0 Å². The smallest absolute Gasteiger partial charge is 0.231 e. The molecule has 0 bridgehead atoms. The van der Waals surface area contributed by atoms with Crippen LogP contribution in [0.25, 0.3) is 10.9 Å². The average Bonchev–Trinajstić information content (AvgIpc) is 3.04. The summed E-state index contributed by atoms with van der Waals surface area (Å²) in [6.45, 7) is 0. The Morgan fingerprint density at radius 3 is 2.40 bits per heavy atom. The Bertz CT molecular complexity index is 895. The van der Waals surface area contributed by atoms with Gasteiger partial charge >= 0.3 is 0 Å². The lowest BCUT2D eigenvalue weighted by atomic mass is 10.2. The number of nitrogens with zero attached hydrogens (tertiary/aromatic N) is 2. The van der Waals surface area contributed by atoms with Gasteiger partial charge < -0.3 is 10.2 Å². The summed E-state index contributed by atoms with van der Waals surface area (Å²) in [5.41, 5.74) is 2.66. The van der Waals surface area contributed by atoms with Crippen LogP contribution in [0.5, 0.6) is 0 Å². The molecule has 0 unspecified atom stereocenters. The lowest BCUT2D eigenvalue weighted by molar-refractivity contribution is -0.116. The Morgan fingerprint density at radius 1 is 0.960 bits per heavy atom. The molecule has 0 aliphatic rings. The number of fused-ring (bicyclic) bond motifs is 1. The highest BCUT2D eigenvalue weighted by Crippen LogP contribution is 2.17. The van der Waals surface area contributed by atoms with Gasteiger partial charge in [-0.2, -0.15) is 0 Å². The third-order valence-corrected chi connectivity index (χ3v) is 4.10. The topological polar surface area (TPSA) is 54.3 Å². The fourth-order valence-electron chi connectivity index (χ4n) is 2.71. The number of aromatic nitrogens is 1. The molecule has 3 rings (SSSR count). The van der Waals surface area contributed by atoms with Gasteiger partial charge in [0.2, 0.25) is 11.8 Å². The molecule has 0 fully saturated rings. The molecule has 0 aliphatic heterocycles. The molecule has 0 saturated heterocycles. The number of nitrogens with one attached hydrogen (secondary N) is 1. The van der Waals surface area contributed by atoms with Crippen molar-refractivity contribution in [1.82, 2.24) is 4.57 Å². The molecule has 2 aromatic carbocycles. The van der Waals surface area contributed by atoms with E-state index in [2.05, 4.69) is 5.32 Å². The minimum Gasteiger partial charge on any atom is -0.378 e. The molecular formula is C20H21N3O2. The van der Waals surface area contributed by atoms with Gasteiger partial charge in [-0.3, -0.25) is 14.2 Å². The lowest BCUT2D eigenvalue weighted by Gasteiger charge is -2.13. The zero-order valence-corrected chi connectivity index (χ0v) is 14.4. The average molecular weight is 335 g/mol. The summed E-state index contributed by atoms with van der Waals surface area (Å²) in [4.78, 5) is 26.5.